The number of methoxy groups -OCH3 is 1. The average Bonchev–Trinajstić information content (AvgIpc) is 3.48. The summed E-state index contributed by atoms with van der Waals surface area (Å²) in [5.41, 5.74) is 4.36. The van der Waals surface area contributed by atoms with Crippen LogP contribution in [0.25, 0.3) is 10.9 Å². The minimum absolute atomic E-state index is 0.221. The highest BCUT2D eigenvalue weighted by atomic mass is 35.5. The van der Waals surface area contributed by atoms with E-state index in [1.54, 1.807) is 19.2 Å². The second-order valence-electron chi connectivity index (χ2n) is 7.69. The van der Waals surface area contributed by atoms with Gasteiger partial charge in [-0.05, 0) is 42.8 Å². The Hall–Kier alpha value is -3.64. The first-order chi connectivity index (χ1) is 15.5. The maximum absolute atomic E-state index is 13.2. The van der Waals surface area contributed by atoms with E-state index in [-0.39, 0.29) is 11.7 Å². The number of hydrazone groups is 1. The third kappa shape index (κ3) is 3.63. The van der Waals surface area contributed by atoms with Gasteiger partial charge in [0, 0.05) is 23.4 Å². The van der Waals surface area contributed by atoms with Gasteiger partial charge in [0.25, 0.3) is 0 Å². The second kappa shape index (κ2) is 8.13. The summed E-state index contributed by atoms with van der Waals surface area (Å²) in [6.07, 6.45) is 1.99. The van der Waals surface area contributed by atoms with E-state index in [0.29, 0.717) is 17.3 Å². The first-order valence-electron chi connectivity index (χ1n) is 10.2. The fourth-order valence-electron chi connectivity index (χ4n) is 3.95. The summed E-state index contributed by atoms with van der Waals surface area (Å²) >= 11 is 6.63. The lowest BCUT2D eigenvalue weighted by Crippen LogP contribution is -2.27. The number of furan rings is 1. The van der Waals surface area contributed by atoms with Crippen LogP contribution in [0.4, 0.5) is 0 Å². The quantitative estimate of drug-likeness (QED) is 0.373. The molecule has 0 aliphatic carbocycles. The van der Waals surface area contributed by atoms with Crippen LogP contribution < -0.4 is 4.74 Å². The summed E-state index contributed by atoms with van der Waals surface area (Å²) in [6.45, 7) is 2.03. The van der Waals surface area contributed by atoms with Crippen LogP contribution in [0.5, 0.6) is 5.75 Å². The Balaban J connectivity index is 1.60. The van der Waals surface area contributed by atoms with Gasteiger partial charge in [-0.25, -0.2) is 9.99 Å². The molecule has 2 aromatic heterocycles. The Morgan fingerprint density at radius 1 is 1.16 bits per heavy atom. The molecule has 0 fully saturated rings. The van der Waals surface area contributed by atoms with Gasteiger partial charge in [-0.15, -0.1) is 0 Å². The van der Waals surface area contributed by atoms with Crippen LogP contribution in [0, 0.1) is 6.92 Å². The van der Waals surface area contributed by atoms with Crippen LogP contribution in [0.15, 0.2) is 76.4 Å². The molecule has 0 unspecified atom stereocenters. The SMILES string of the molecule is COc1ccc2cc([C@H]3CC(c4cccc(C)c4)=NN3C(=O)c3ccco3)c(Cl)nc2c1. The van der Waals surface area contributed by atoms with E-state index >= 15 is 0 Å². The molecule has 1 amide bonds. The van der Waals surface area contributed by atoms with Gasteiger partial charge in [0.15, 0.2) is 5.76 Å². The molecular formula is C25H20ClN3O3. The second-order valence-corrected chi connectivity index (χ2v) is 8.05. The van der Waals surface area contributed by atoms with Gasteiger partial charge in [0.2, 0.25) is 0 Å². The van der Waals surface area contributed by atoms with Crippen LogP contribution in [-0.4, -0.2) is 28.7 Å². The van der Waals surface area contributed by atoms with Gasteiger partial charge in [-0.3, -0.25) is 4.79 Å². The van der Waals surface area contributed by atoms with Crippen molar-refractivity contribution in [3.05, 3.63) is 94.5 Å². The molecule has 6 nitrogen and oxygen atoms in total. The predicted molar refractivity (Wildman–Crippen MR) is 123 cm³/mol. The van der Waals surface area contributed by atoms with Crippen molar-refractivity contribution < 1.29 is 13.9 Å². The number of carbonyl (C=O) groups is 1. The van der Waals surface area contributed by atoms with E-state index in [4.69, 9.17) is 25.9 Å². The average molecular weight is 446 g/mol. The Labute approximate surface area is 190 Å². The highest BCUT2D eigenvalue weighted by molar-refractivity contribution is 6.30. The van der Waals surface area contributed by atoms with E-state index in [2.05, 4.69) is 11.1 Å². The minimum Gasteiger partial charge on any atom is -0.497 e. The summed E-state index contributed by atoms with van der Waals surface area (Å²) in [5, 5.41) is 7.38. The van der Waals surface area contributed by atoms with Crippen LogP contribution in [0.2, 0.25) is 5.15 Å². The zero-order valence-corrected chi connectivity index (χ0v) is 18.3. The molecule has 5 rings (SSSR count). The number of amides is 1. The molecule has 0 bridgehead atoms. The van der Waals surface area contributed by atoms with Gasteiger partial charge >= 0.3 is 5.91 Å². The van der Waals surface area contributed by atoms with Crippen molar-refractivity contribution in [3.63, 3.8) is 0 Å². The highest BCUT2D eigenvalue weighted by Gasteiger charge is 2.36. The van der Waals surface area contributed by atoms with E-state index in [1.807, 2.05) is 49.4 Å². The maximum Gasteiger partial charge on any atom is 0.310 e. The third-order valence-electron chi connectivity index (χ3n) is 5.57. The number of benzene rings is 2. The summed E-state index contributed by atoms with van der Waals surface area (Å²) < 4.78 is 10.6. The van der Waals surface area contributed by atoms with Crippen molar-refractivity contribution in [2.24, 2.45) is 5.10 Å². The lowest BCUT2D eigenvalue weighted by molar-refractivity contribution is 0.0678. The summed E-state index contributed by atoms with van der Waals surface area (Å²) in [6, 6.07) is 18.6. The van der Waals surface area contributed by atoms with Crippen molar-refractivity contribution >= 4 is 34.1 Å². The number of rotatable bonds is 4. The first-order valence-corrected chi connectivity index (χ1v) is 10.6. The van der Waals surface area contributed by atoms with Gasteiger partial charge < -0.3 is 9.15 Å². The molecule has 3 heterocycles. The Kier molecular flexibility index (Phi) is 5.15. The lowest BCUT2D eigenvalue weighted by Gasteiger charge is -2.22. The fourth-order valence-corrected chi connectivity index (χ4v) is 4.22. The smallest absolute Gasteiger partial charge is 0.310 e. The molecule has 160 valence electrons. The van der Waals surface area contributed by atoms with Crippen LogP contribution >= 0.6 is 11.6 Å². The number of hydrogen-bond acceptors (Lipinski definition) is 5. The predicted octanol–water partition coefficient (Wildman–Crippen LogP) is 5.79. The van der Waals surface area contributed by atoms with E-state index in [1.165, 1.54) is 11.3 Å². The number of pyridine rings is 1. The number of nitrogens with zero attached hydrogens (tertiary/aromatic N) is 3. The fraction of sp³-hybridized carbons (Fsp3) is 0.160. The van der Waals surface area contributed by atoms with E-state index < -0.39 is 6.04 Å². The molecule has 0 radical (unpaired) electrons. The Morgan fingerprint density at radius 2 is 2.03 bits per heavy atom. The first kappa shape index (κ1) is 20.3. The van der Waals surface area contributed by atoms with Gasteiger partial charge in [0.05, 0.1) is 30.6 Å². The summed E-state index contributed by atoms with van der Waals surface area (Å²) in [5.74, 6) is 0.599. The number of halogens is 1. The number of hydrogen-bond donors (Lipinski definition) is 0. The van der Waals surface area contributed by atoms with Crippen molar-refractivity contribution in [3.8, 4) is 5.75 Å². The van der Waals surface area contributed by atoms with Crippen LogP contribution in [-0.2, 0) is 0 Å². The summed E-state index contributed by atoms with van der Waals surface area (Å²) in [7, 11) is 1.61. The van der Waals surface area contributed by atoms with Gasteiger partial charge in [-0.2, -0.15) is 5.10 Å². The number of aryl methyl sites for hydroxylation is 1. The molecule has 2 aromatic carbocycles. The standard InChI is InChI=1S/C25H20ClN3O3/c1-15-5-3-6-16(11-15)21-14-22(29(28-21)25(30)23-7-4-10-32-23)19-12-17-8-9-18(31-2)13-20(17)27-24(19)26/h3-13,22H,14H2,1-2H3/t22-/m1/s1. The normalized spacial score (nSPS) is 15.8. The van der Waals surface area contributed by atoms with Crippen LogP contribution in [0.1, 0.15) is 39.7 Å². The molecule has 0 saturated carbocycles. The molecule has 0 spiro atoms. The molecule has 0 N–H and O–H groups in total. The molecule has 1 aliphatic rings. The monoisotopic (exact) mass is 445 g/mol. The van der Waals surface area contributed by atoms with Crippen molar-refractivity contribution in [1.29, 1.82) is 0 Å². The minimum atomic E-state index is -0.408. The maximum atomic E-state index is 13.2. The molecule has 0 saturated heterocycles. The number of fused-ring (bicyclic) bond motifs is 1. The zero-order valence-electron chi connectivity index (χ0n) is 17.6. The van der Waals surface area contributed by atoms with E-state index in [0.717, 1.165) is 33.3 Å². The largest absolute Gasteiger partial charge is 0.497 e. The molecule has 1 aliphatic heterocycles. The van der Waals surface area contributed by atoms with Crippen molar-refractivity contribution in [1.82, 2.24) is 9.99 Å². The van der Waals surface area contributed by atoms with Crippen LogP contribution in [0.3, 0.4) is 0 Å². The molecule has 4 aromatic rings. The van der Waals surface area contributed by atoms with Gasteiger partial charge in [0.1, 0.15) is 10.9 Å². The lowest BCUT2D eigenvalue weighted by atomic mass is 9.97. The topological polar surface area (TPSA) is 67.9 Å². The molecule has 1 atom stereocenters. The van der Waals surface area contributed by atoms with Gasteiger partial charge in [-0.1, -0.05) is 41.4 Å². The Morgan fingerprint density at radius 3 is 2.78 bits per heavy atom. The number of ether oxygens (including phenoxy) is 1. The van der Waals surface area contributed by atoms with Crippen molar-refractivity contribution in [2.75, 3.05) is 7.11 Å². The zero-order chi connectivity index (χ0) is 22.2. The highest BCUT2D eigenvalue weighted by Crippen LogP contribution is 2.38. The molecular weight excluding hydrogens is 426 g/mol. The molecule has 32 heavy (non-hydrogen) atoms. The molecule has 7 heteroatoms. The van der Waals surface area contributed by atoms with E-state index in [9.17, 15) is 4.79 Å². The van der Waals surface area contributed by atoms with Crippen molar-refractivity contribution in [2.45, 2.75) is 19.4 Å². The number of carbonyl (C=O) groups excluding carboxylic acids is 1. The Bertz CT molecular complexity index is 1350. The third-order valence-corrected chi connectivity index (χ3v) is 5.87. The number of aromatic nitrogens is 1. The summed E-state index contributed by atoms with van der Waals surface area (Å²) in [4.78, 5) is 17.8.